The lowest BCUT2D eigenvalue weighted by atomic mass is 9.81. The maximum Gasteiger partial charge on any atom is 0.204 e. The van der Waals surface area contributed by atoms with Crippen LogP contribution in [0.1, 0.15) is 11.6 Å². The molecule has 0 amide bonds. The Morgan fingerprint density at radius 3 is 1.90 bits per heavy atom. The van der Waals surface area contributed by atoms with Gasteiger partial charge in [0.1, 0.15) is 11.6 Å². The number of hydrogen-bond acceptors (Lipinski definition) is 3. The van der Waals surface area contributed by atoms with Gasteiger partial charge in [0, 0.05) is 0 Å². The Morgan fingerprint density at radius 1 is 1.00 bits per heavy atom. The van der Waals surface area contributed by atoms with Crippen LogP contribution in [0.2, 0.25) is 6.82 Å². The third kappa shape index (κ3) is 1.53. The largest absolute Gasteiger partial charge is 0.229 e. The fraction of sp³-hybridized carbons (Fsp3) is 0.500. The molecule has 0 unspecified atom stereocenters. The highest BCUT2D eigenvalue weighted by molar-refractivity contribution is 6.49. The highest BCUT2D eigenvalue weighted by atomic mass is 15.0. The summed E-state index contributed by atoms with van der Waals surface area (Å²) in [6.45, 7) is 5.80. The fourth-order valence-electron chi connectivity index (χ4n) is 0.841. The van der Waals surface area contributed by atoms with Gasteiger partial charge in [0.05, 0.1) is 5.72 Å². The summed E-state index contributed by atoms with van der Waals surface area (Å²) in [5.41, 5.74) is 0.880. The first kappa shape index (κ1) is 7.19. The molecule has 0 aliphatic carbocycles. The molecule has 0 saturated heterocycles. The number of rotatable bonds is 1. The summed E-state index contributed by atoms with van der Waals surface area (Å²) in [5.74, 6) is 1.62. The average Bonchev–Trinajstić information content (AvgIpc) is 1.85. The van der Waals surface area contributed by atoms with Crippen molar-refractivity contribution in [1.29, 1.82) is 0 Å². The van der Waals surface area contributed by atoms with Crippen molar-refractivity contribution in [2.45, 2.75) is 20.7 Å². The summed E-state index contributed by atoms with van der Waals surface area (Å²) in [5, 5.41) is 0. The third-order valence-corrected chi connectivity index (χ3v) is 1.22. The molecular formula is C6H10BN3. The first-order valence-corrected chi connectivity index (χ1v) is 3.40. The van der Waals surface area contributed by atoms with Crippen LogP contribution in [0.3, 0.4) is 0 Å². The average molecular weight is 135 g/mol. The van der Waals surface area contributed by atoms with Crippen LogP contribution >= 0.6 is 0 Å². The van der Waals surface area contributed by atoms with Crippen molar-refractivity contribution in [2.75, 3.05) is 0 Å². The first-order valence-electron chi connectivity index (χ1n) is 3.40. The van der Waals surface area contributed by atoms with Gasteiger partial charge in [-0.25, -0.2) is 15.0 Å². The Morgan fingerprint density at radius 2 is 1.50 bits per heavy atom. The van der Waals surface area contributed by atoms with Gasteiger partial charge in [-0.1, -0.05) is 6.82 Å². The lowest BCUT2D eigenvalue weighted by molar-refractivity contribution is 0.947. The molecule has 1 heterocycles. The molecule has 4 heteroatoms. The minimum atomic E-state index is 0.810. The Bertz CT molecular complexity index is 216. The molecule has 0 aliphatic rings. The van der Waals surface area contributed by atoms with Crippen LogP contribution in [0.15, 0.2) is 0 Å². The molecule has 0 saturated carbocycles. The number of hydrogen-bond donors (Lipinski definition) is 0. The SMILES string of the molecule is CBc1nc(C)nc(C)n1. The van der Waals surface area contributed by atoms with Gasteiger partial charge in [-0.2, -0.15) is 0 Å². The second kappa shape index (κ2) is 2.77. The molecular weight excluding hydrogens is 125 g/mol. The summed E-state index contributed by atoms with van der Waals surface area (Å²) in [7, 11) is 0.879. The predicted molar refractivity (Wildman–Crippen MR) is 41.9 cm³/mol. The Balaban J connectivity index is 3.06. The van der Waals surface area contributed by atoms with Crippen LogP contribution in [0, 0.1) is 13.8 Å². The summed E-state index contributed by atoms with van der Waals surface area (Å²) in [6, 6.07) is 0. The van der Waals surface area contributed by atoms with E-state index >= 15 is 0 Å². The molecule has 10 heavy (non-hydrogen) atoms. The Labute approximate surface area is 61.2 Å². The summed E-state index contributed by atoms with van der Waals surface area (Å²) < 4.78 is 0. The van der Waals surface area contributed by atoms with Crippen molar-refractivity contribution < 1.29 is 0 Å². The maximum atomic E-state index is 4.13. The van der Waals surface area contributed by atoms with Gasteiger partial charge in [0.25, 0.3) is 0 Å². The standard InChI is InChI=1S/C6H10BN3/c1-4-8-5(2)10-6(7-3)9-4/h7H,1-3H3. The van der Waals surface area contributed by atoms with Crippen molar-refractivity contribution in [3.63, 3.8) is 0 Å². The van der Waals surface area contributed by atoms with E-state index < -0.39 is 0 Å². The molecule has 52 valence electrons. The van der Waals surface area contributed by atoms with Gasteiger partial charge in [0.15, 0.2) is 0 Å². The highest BCUT2D eigenvalue weighted by Gasteiger charge is 1.96. The number of nitrogens with zero attached hydrogens (tertiary/aromatic N) is 3. The van der Waals surface area contributed by atoms with E-state index in [-0.39, 0.29) is 0 Å². The second-order valence-electron chi connectivity index (χ2n) is 2.20. The van der Waals surface area contributed by atoms with E-state index in [1.807, 2.05) is 20.7 Å². The van der Waals surface area contributed by atoms with Crippen molar-refractivity contribution >= 4 is 13.0 Å². The van der Waals surface area contributed by atoms with Crippen LogP contribution in [0.25, 0.3) is 0 Å². The van der Waals surface area contributed by atoms with Crippen molar-refractivity contribution in [3.05, 3.63) is 11.6 Å². The molecule has 0 spiro atoms. The molecule has 1 rings (SSSR count). The zero-order valence-corrected chi connectivity index (χ0v) is 6.55. The first-order chi connectivity index (χ1) is 4.72. The van der Waals surface area contributed by atoms with Crippen LogP contribution in [-0.2, 0) is 0 Å². The predicted octanol–water partition coefficient (Wildman–Crippen LogP) is -0.402. The lowest BCUT2D eigenvalue weighted by Crippen LogP contribution is -2.22. The van der Waals surface area contributed by atoms with Gasteiger partial charge in [-0.3, -0.25) is 0 Å². The summed E-state index contributed by atoms with van der Waals surface area (Å²) in [4.78, 5) is 12.3. The molecule has 1 aromatic heterocycles. The van der Waals surface area contributed by atoms with Crippen molar-refractivity contribution in [1.82, 2.24) is 15.0 Å². The minimum absolute atomic E-state index is 0.810. The van der Waals surface area contributed by atoms with E-state index in [0.29, 0.717) is 0 Å². The molecule has 0 atom stereocenters. The number of aryl methyl sites for hydroxylation is 2. The summed E-state index contributed by atoms with van der Waals surface area (Å²) in [6.07, 6.45) is 0. The van der Waals surface area contributed by atoms with Crippen LogP contribution < -0.4 is 5.72 Å². The van der Waals surface area contributed by atoms with E-state index in [0.717, 1.165) is 24.7 Å². The lowest BCUT2D eigenvalue weighted by Gasteiger charge is -1.96. The molecule has 3 nitrogen and oxygen atoms in total. The van der Waals surface area contributed by atoms with Gasteiger partial charge >= 0.3 is 0 Å². The molecule has 1 aromatic rings. The van der Waals surface area contributed by atoms with E-state index in [1.54, 1.807) is 0 Å². The third-order valence-electron chi connectivity index (χ3n) is 1.22. The van der Waals surface area contributed by atoms with Crippen LogP contribution in [0.5, 0.6) is 0 Å². The Kier molecular flexibility index (Phi) is 1.99. The second-order valence-corrected chi connectivity index (χ2v) is 2.20. The van der Waals surface area contributed by atoms with E-state index in [9.17, 15) is 0 Å². The topological polar surface area (TPSA) is 38.7 Å². The van der Waals surface area contributed by atoms with Crippen molar-refractivity contribution in [3.8, 4) is 0 Å². The zero-order valence-electron chi connectivity index (χ0n) is 6.55. The van der Waals surface area contributed by atoms with Gasteiger partial charge in [0.2, 0.25) is 7.28 Å². The van der Waals surface area contributed by atoms with Gasteiger partial charge in [-0.05, 0) is 13.8 Å². The van der Waals surface area contributed by atoms with Gasteiger partial charge < -0.3 is 0 Å². The quantitative estimate of drug-likeness (QED) is 0.491. The summed E-state index contributed by atoms with van der Waals surface area (Å²) >= 11 is 0. The molecule has 0 aliphatic heterocycles. The minimum Gasteiger partial charge on any atom is -0.229 e. The van der Waals surface area contributed by atoms with E-state index in [1.165, 1.54) is 0 Å². The number of aromatic nitrogens is 3. The molecule has 0 N–H and O–H groups in total. The molecule has 0 radical (unpaired) electrons. The highest BCUT2D eigenvalue weighted by Crippen LogP contribution is 1.83. The van der Waals surface area contributed by atoms with E-state index in [2.05, 4.69) is 15.0 Å². The van der Waals surface area contributed by atoms with Crippen molar-refractivity contribution in [2.24, 2.45) is 0 Å². The van der Waals surface area contributed by atoms with Crippen LogP contribution in [0.4, 0.5) is 0 Å². The van der Waals surface area contributed by atoms with Crippen LogP contribution in [-0.4, -0.2) is 22.2 Å². The maximum absolute atomic E-state index is 4.13. The molecule has 0 aromatic carbocycles. The molecule has 0 bridgehead atoms. The fourth-order valence-corrected chi connectivity index (χ4v) is 0.841. The van der Waals surface area contributed by atoms with E-state index in [4.69, 9.17) is 0 Å². The normalized spacial score (nSPS) is 9.50. The zero-order chi connectivity index (χ0) is 7.56. The monoisotopic (exact) mass is 135 g/mol. The Hall–Kier alpha value is -0.925. The smallest absolute Gasteiger partial charge is 0.204 e. The van der Waals surface area contributed by atoms with Gasteiger partial charge in [-0.15, -0.1) is 0 Å². The molecule has 0 fully saturated rings.